The van der Waals surface area contributed by atoms with Crippen LogP contribution in [0.5, 0.6) is 0 Å². The molecule has 1 unspecified atom stereocenters. The minimum Gasteiger partial charge on any atom is -0.383 e. The van der Waals surface area contributed by atoms with Crippen LogP contribution in [-0.4, -0.2) is 46.6 Å². The van der Waals surface area contributed by atoms with E-state index in [4.69, 9.17) is 0 Å². The second-order valence-electron chi connectivity index (χ2n) is 6.07. The molecule has 2 N–H and O–H groups in total. The van der Waals surface area contributed by atoms with Crippen molar-refractivity contribution in [2.24, 2.45) is 0 Å². The maximum atomic E-state index is 12.2. The molecule has 0 aromatic carbocycles. The lowest BCUT2D eigenvalue weighted by Gasteiger charge is -2.32. The first kappa shape index (κ1) is 15.8. The van der Waals surface area contributed by atoms with Crippen LogP contribution in [0.25, 0.3) is 0 Å². The summed E-state index contributed by atoms with van der Waals surface area (Å²) in [4.78, 5) is 25.5. The lowest BCUT2D eigenvalue weighted by atomic mass is 9.83. The van der Waals surface area contributed by atoms with Crippen molar-refractivity contribution >= 4 is 11.8 Å². The number of rotatable bonds is 3. The van der Waals surface area contributed by atoms with E-state index >= 15 is 0 Å². The average molecular weight is 293 g/mol. The number of aliphatic hydroxyl groups excluding tert-OH is 1. The maximum absolute atomic E-state index is 12.2. The van der Waals surface area contributed by atoms with Crippen molar-refractivity contribution in [3.8, 4) is 6.07 Å². The van der Waals surface area contributed by atoms with Crippen molar-refractivity contribution in [2.45, 2.75) is 63.0 Å². The lowest BCUT2D eigenvalue weighted by molar-refractivity contribution is -0.142. The van der Waals surface area contributed by atoms with E-state index in [0.717, 1.165) is 32.1 Å². The van der Waals surface area contributed by atoms with E-state index in [-0.39, 0.29) is 18.4 Å². The molecule has 0 aromatic heterocycles. The SMILES string of the molecule is N#CC1(NC(=O)CN2CCCCC(O)C2=O)CCCCC1. The largest absolute Gasteiger partial charge is 0.383 e. The highest BCUT2D eigenvalue weighted by atomic mass is 16.3. The first-order valence-corrected chi connectivity index (χ1v) is 7.75. The molecule has 1 heterocycles. The van der Waals surface area contributed by atoms with Gasteiger partial charge >= 0.3 is 0 Å². The summed E-state index contributed by atoms with van der Waals surface area (Å²) < 4.78 is 0. The number of carbonyl (C=O) groups excluding carboxylic acids is 2. The molecule has 1 saturated heterocycles. The van der Waals surface area contributed by atoms with Crippen LogP contribution in [-0.2, 0) is 9.59 Å². The van der Waals surface area contributed by atoms with Crippen molar-refractivity contribution in [1.82, 2.24) is 10.2 Å². The Morgan fingerprint density at radius 3 is 2.71 bits per heavy atom. The monoisotopic (exact) mass is 293 g/mol. The van der Waals surface area contributed by atoms with Gasteiger partial charge in [-0.3, -0.25) is 9.59 Å². The molecule has 1 aliphatic carbocycles. The molecule has 21 heavy (non-hydrogen) atoms. The summed E-state index contributed by atoms with van der Waals surface area (Å²) in [5.41, 5.74) is -0.775. The quantitative estimate of drug-likeness (QED) is 0.801. The van der Waals surface area contributed by atoms with Crippen molar-refractivity contribution in [3.63, 3.8) is 0 Å². The number of nitriles is 1. The molecule has 116 valence electrons. The van der Waals surface area contributed by atoms with Gasteiger partial charge in [0.1, 0.15) is 11.6 Å². The Morgan fingerprint density at radius 2 is 2.05 bits per heavy atom. The van der Waals surface area contributed by atoms with E-state index in [1.54, 1.807) is 0 Å². The zero-order valence-corrected chi connectivity index (χ0v) is 12.3. The summed E-state index contributed by atoms with van der Waals surface area (Å²) in [5.74, 6) is -0.682. The lowest BCUT2D eigenvalue weighted by Crippen LogP contribution is -2.53. The molecule has 1 aliphatic heterocycles. The van der Waals surface area contributed by atoms with Gasteiger partial charge in [-0.25, -0.2) is 0 Å². The van der Waals surface area contributed by atoms with Crippen LogP contribution in [0, 0.1) is 11.3 Å². The molecule has 6 nitrogen and oxygen atoms in total. The van der Waals surface area contributed by atoms with Crippen molar-refractivity contribution < 1.29 is 14.7 Å². The molecular formula is C15H23N3O3. The van der Waals surface area contributed by atoms with Gasteiger partial charge in [-0.2, -0.15) is 5.26 Å². The molecule has 0 spiro atoms. The number of nitrogens with zero attached hydrogens (tertiary/aromatic N) is 2. The van der Waals surface area contributed by atoms with Gasteiger partial charge in [0.15, 0.2) is 0 Å². The van der Waals surface area contributed by atoms with Gasteiger partial charge in [0, 0.05) is 6.54 Å². The highest BCUT2D eigenvalue weighted by Gasteiger charge is 2.34. The molecule has 1 saturated carbocycles. The predicted octanol–water partition coefficient (Wildman–Crippen LogP) is 0.702. The summed E-state index contributed by atoms with van der Waals surface area (Å²) in [7, 11) is 0. The first-order valence-electron chi connectivity index (χ1n) is 7.75. The third-order valence-corrected chi connectivity index (χ3v) is 4.39. The number of hydrogen-bond donors (Lipinski definition) is 2. The topological polar surface area (TPSA) is 93.4 Å². The summed E-state index contributed by atoms with van der Waals surface area (Å²) >= 11 is 0. The van der Waals surface area contributed by atoms with E-state index in [9.17, 15) is 20.0 Å². The van der Waals surface area contributed by atoms with Crippen LogP contribution >= 0.6 is 0 Å². The Morgan fingerprint density at radius 1 is 1.33 bits per heavy atom. The summed E-state index contributed by atoms with van der Waals surface area (Å²) in [6.07, 6.45) is 5.35. The smallest absolute Gasteiger partial charge is 0.251 e. The van der Waals surface area contributed by atoms with Crippen LogP contribution < -0.4 is 5.32 Å². The van der Waals surface area contributed by atoms with Crippen molar-refractivity contribution in [2.75, 3.05) is 13.1 Å². The molecule has 6 heteroatoms. The highest BCUT2D eigenvalue weighted by Crippen LogP contribution is 2.27. The van der Waals surface area contributed by atoms with Gasteiger partial charge in [0.05, 0.1) is 12.6 Å². The van der Waals surface area contributed by atoms with Crippen LogP contribution in [0.4, 0.5) is 0 Å². The summed E-state index contributed by atoms with van der Waals surface area (Å²) in [5, 5.41) is 21.8. The Kier molecular flexibility index (Phi) is 5.18. The molecule has 2 fully saturated rings. The van der Waals surface area contributed by atoms with E-state index in [1.807, 2.05) is 0 Å². The second-order valence-corrected chi connectivity index (χ2v) is 6.07. The number of amides is 2. The summed E-state index contributed by atoms with van der Waals surface area (Å²) in [6.45, 7) is 0.419. The van der Waals surface area contributed by atoms with Crippen molar-refractivity contribution in [1.29, 1.82) is 5.26 Å². The number of nitrogens with one attached hydrogen (secondary N) is 1. The zero-order valence-electron chi connectivity index (χ0n) is 12.3. The highest BCUT2D eigenvalue weighted by molar-refractivity contribution is 5.87. The fourth-order valence-electron chi connectivity index (χ4n) is 3.14. The predicted molar refractivity (Wildman–Crippen MR) is 76.0 cm³/mol. The third-order valence-electron chi connectivity index (χ3n) is 4.39. The van der Waals surface area contributed by atoms with Gasteiger partial charge in [0.25, 0.3) is 5.91 Å². The molecule has 0 aromatic rings. The standard InChI is InChI=1S/C15H23N3O3/c16-11-15(7-3-1-4-8-15)17-13(20)10-18-9-5-2-6-12(19)14(18)21/h12,19H,1-10H2,(H,17,20). The zero-order chi connectivity index (χ0) is 15.3. The fourth-order valence-corrected chi connectivity index (χ4v) is 3.14. The van der Waals surface area contributed by atoms with E-state index in [2.05, 4.69) is 11.4 Å². The number of likely N-dealkylation sites (tertiary alicyclic amines) is 1. The Bertz CT molecular complexity index is 438. The third kappa shape index (κ3) is 3.94. The average Bonchev–Trinajstić information content (AvgIpc) is 2.64. The van der Waals surface area contributed by atoms with Gasteiger partial charge < -0.3 is 15.3 Å². The molecule has 2 aliphatic rings. The maximum Gasteiger partial charge on any atom is 0.251 e. The van der Waals surface area contributed by atoms with Crippen LogP contribution in [0.2, 0.25) is 0 Å². The molecule has 1 atom stereocenters. The molecular weight excluding hydrogens is 270 g/mol. The van der Waals surface area contributed by atoms with E-state index in [0.29, 0.717) is 25.8 Å². The molecule has 0 radical (unpaired) electrons. The Balaban J connectivity index is 1.94. The minimum atomic E-state index is -1.00. The Labute approximate surface area is 125 Å². The van der Waals surface area contributed by atoms with Crippen LogP contribution in [0.15, 0.2) is 0 Å². The van der Waals surface area contributed by atoms with Crippen LogP contribution in [0.1, 0.15) is 51.4 Å². The van der Waals surface area contributed by atoms with Gasteiger partial charge in [-0.05, 0) is 32.1 Å². The number of hydrogen-bond acceptors (Lipinski definition) is 4. The number of aliphatic hydroxyl groups is 1. The van der Waals surface area contributed by atoms with E-state index in [1.165, 1.54) is 4.90 Å². The minimum absolute atomic E-state index is 0.0701. The first-order chi connectivity index (χ1) is 10.1. The summed E-state index contributed by atoms with van der Waals surface area (Å²) in [6, 6.07) is 2.23. The number of carbonyl (C=O) groups is 2. The van der Waals surface area contributed by atoms with Crippen molar-refractivity contribution in [3.05, 3.63) is 0 Å². The normalized spacial score (nSPS) is 25.8. The van der Waals surface area contributed by atoms with E-state index < -0.39 is 11.6 Å². The van der Waals surface area contributed by atoms with Gasteiger partial charge in [-0.15, -0.1) is 0 Å². The van der Waals surface area contributed by atoms with Crippen LogP contribution in [0.3, 0.4) is 0 Å². The fraction of sp³-hybridized carbons (Fsp3) is 0.800. The Hall–Kier alpha value is -1.61. The second kappa shape index (κ2) is 6.90. The molecule has 2 amide bonds. The van der Waals surface area contributed by atoms with Gasteiger partial charge in [-0.1, -0.05) is 19.3 Å². The molecule has 0 bridgehead atoms. The van der Waals surface area contributed by atoms with Gasteiger partial charge in [0.2, 0.25) is 5.91 Å². The molecule has 2 rings (SSSR count).